The number of alkyl halides is 3. The molecule has 0 bridgehead atoms. The van der Waals surface area contributed by atoms with Crippen molar-refractivity contribution in [1.29, 1.82) is 0 Å². The fraction of sp³-hybridized carbons (Fsp3) is 0.600. The maximum Gasteiger partial charge on any atom is 0.433 e. The second-order valence-electron chi connectivity index (χ2n) is 3.83. The lowest BCUT2D eigenvalue weighted by Crippen LogP contribution is -2.37. The molecule has 1 fully saturated rings. The number of aromatic nitrogens is 2. The SMILES string of the molecule is FC(F)(F)c1cc(O[C@H]2CCCNC2)ncn1. The Bertz CT molecular complexity index is 377. The second-order valence-corrected chi connectivity index (χ2v) is 3.83. The summed E-state index contributed by atoms with van der Waals surface area (Å²) in [6.45, 7) is 1.54. The molecule has 1 atom stereocenters. The van der Waals surface area contributed by atoms with Crippen LogP contribution < -0.4 is 10.1 Å². The smallest absolute Gasteiger partial charge is 0.433 e. The lowest BCUT2D eigenvalue weighted by Gasteiger charge is -2.23. The fourth-order valence-corrected chi connectivity index (χ4v) is 1.65. The number of hydrogen-bond donors (Lipinski definition) is 1. The molecule has 1 aromatic rings. The number of nitrogens with one attached hydrogen (secondary N) is 1. The molecule has 1 aliphatic rings. The third-order valence-corrected chi connectivity index (χ3v) is 2.47. The van der Waals surface area contributed by atoms with Crippen molar-refractivity contribution >= 4 is 0 Å². The predicted octanol–water partition coefficient (Wildman–Crippen LogP) is 1.63. The predicted molar refractivity (Wildman–Crippen MR) is 53.6 cm³/mol. The Morgan fingerprint density at radius 3 is 2.82 bits per heavy atom. The maximum atomic E-state index is 12.4. The highest BCUT2D eigenvalue weighted by atomic mass is 19.4. The normalized spacial score (nSPS) is 21.2. The lowest BCUT2D eigenvalue weighted by atomic mass is 10.1. The van der Waals surface area contributed by atoms with E-state index >= 15 is 0 Å². The van der Waals surface area contributed by atoms with Gasteiger partial charge in [0.15, 0.2) is 5.69 Å². The van der Waals surface area contributed by atoms with Crippen LogP contribution in [-0.2, 0) is 6.18 Å². The third kappa shape index (κ3) is 3.29. The van der Waals surface area contributed by atoms with Crippen LogP contribution in [0, 0.1) is 0 Å². The van der Waals surface area contributed by atoms with Crippen LogP contribution in [0.15, 0.2) is 12.4 Å². The summed E-state index contributed by atoms with van der Waals surface area (Å²) in [5.41, 5.74) is -0.980. The molecule has 0 aliphatic carbocycles. The highest BCUT2D eigenvalue weighted by molar-refractivity contribution is 5.16. The van der Waals surface area contributed by atoms with Gasteiger partial charge in [-0.05, 0) is 19.4 Å². The average molecular weight is 247 g/mol. The van der Waals surface area contributed by atoms with Gasteiger partial charge in [-0.2, -0.15) is 13.2 Å². The number of rotatable bonds is 2. The molecule has 94 valence electrons. The quantitative estimate of drug-likeness (QED) is 0.862. The van der Waals surface area contributed by atoms with E-state index in [2.05, 4.69) is 15.3 Å². The van der Waals surface area contributed by atoms with Crippen LogP contribution in [0.5, 0.6) is 5.88 Å². The summed E-state index contributed by atoms with van der Waals surface area (Å²) in [6.07, 6.45) is -1.96. The molecule has 2 heterocycles. The Hall–Kier alpha value is -1.37. The standard InChI is InChI=1S/C10H12F3N3O/c11-10(12,13)8-4-9(16-6-15-8)17-7-2-1-3-14-5-7/h4,6-7,14H,1-3,5H2/t7-/m0/s1. The van der Waals surface area contributed by atoms with Gasteiger partial charge in [-0.25, -0.2) is 9.97 Å². The van der Waals surface area contributed by atoms with Crippen molar-refractivity contribution in [2.75, 3.05) is 13.1 Å². The molecule has 0 unspecified atom stereocenters. The summed E-state index contributed by atoms with van der Waals surface area (Å²) < 4.78 is 42.5. The molecule has 0 spiro atoms. The molecule has 1 aliphatic heterocycles. The highest BCUT2D eigenvalue weighted by Crippen LogP contribution is 2.28. The zero-order valence-electron chi connectivity index (χ0n) is 9.00. The van der Waals surface area contributed by atoms with Gasteiger partial charge < -0.3 is 10.1 Å². The van der Waals surface area contributed by atoms with Gasteiger partial charge in [0.1, 0.15) is 12.4 Å². The first-order valence-corrected chi connectivity index (χ1v) is 5.32. The number of hydrogen-bond acceptors (Lipinski definition) is 4. The topological polar surface area (TPSA) is 47.0 Å². The zero-order valence-corrected chi connectivity index (χ0v) is 9.00. The van der Waals surface area contributed by atoms with Gasteiger partial charge in [0.25, 0.3) is 0 Å². The van der Waals surface area contributed by atoms with Crippen molar-refractivity contribution < 1.29 is 17.9 Å². The van der Waals surface area contributed by atoms with E-state index in [4.69, 9.17) is 4.74 Å². The molecule has 2 rings (SSSR count). The minimum absolute atomic E-state index is 0.0268. The molecule has 17 heavy (non-hydrogen) atoms. The van der Waals surface area contributed by atoms with Gasteiger partial charge in [-0.15, -0.1) is 0 Å². The molecular formula is C10H12F3N3O. The Labute approximate surface area is 96.2 Å². The van der Waals surface area contributed by atoms with E-state index in [9.17, 15) is 13.2 Å². The summed E-state index contributed by atoms with van der Waals surface area (Å²) in [5.74, 6) is -0.0268. The largest absolute Gasteiger partial charge is 0.473 e. The first kappa shape index (κ1) is 12.1. The summed E-state index contributed by atoms with van der Waals surface area (Å²) in [4.78, 5) is 6.86. The summed E-state index contributed by atoms with van der Waals surface area (Å²) >= 11 is 0. The molecule has 0 aromatic carbocycles. The van der Waals surface area contributed by atoms with Gasteiger partial charge in [0, 0.05) is 12.6 Å². The highest BCUT2D eigenvalue weighted by Gasteiger charge is 2.33. The third-order valence-electron chi connectivity index (χ3n) is 2.47. The van der Waals surface area contributed by atoms with Crippen molar-refractivity contribution in [3.63, 3.8) is 0 Å². The van der Waals surface area contributed by atoms with E-state index in [0.717, 1.165) is 31.8 Å². The minimum Gasteiger partial charge on any atom is -0.473 e. The summed E-state index contributed by atoms with van der Waals surface area (Å²) in [7, 11) is 0. The fourth-order valence-electron chi connectivity index (χ4n) is 1.65. The Morgan fingerprint density at radius 2 is 2.18 bits per heavy atom. The maximum absolute atomic E-state index is 12.4. The van der Waals surface area contributed by atoms with Gasteiger partial charge >= 0.3 is 6.18 Å². The Kier molecular flexibility index (Phi) is 3.46. The van der Waals surface area contributed by atoms with Gasteiger partial charge in [0.2, 0.25) is 5.88 Å². The number of piperidine rings is 1. The van der Waals surface area contributed by atoms with Crippen LogP contribution in [0.3, 0.4) is 0 Å². The molecular weight excluding hydrogens is 235 g/mol. The summed E-state index contributed by atoms with van der Waals surface area (Å²) in [6, 6.07) is 0.828. The van der Waals surface area contributed by atoms with E-state index in [1.807, 2.05) is 0 Å². The summed E-state index contributed by atoms with van der Waals surface area (Å²) in [5, 5.41) is 3.11. The van der Waals surface area contributed by atoms with Crippen LogP contribution in [0.2, 0.25) is 0 Å². The van der Waals surface area contributed by atoms with Crippen LogP contribution in [-0.4, -0.2) is 29.2 Å². The van der Waals surface area contributed by atoms with E-state index in [1.165, 1.54) is 0 Å². The van der Waals surface area contributed by atoms with E-state index in [0.29, 0.717) is 6.54 Å². The molecule has 1 saturated heterocycles. The molecule has 1 N–H and O–H groups in total. The van der Waals surface area contributed by atoms with Gasteiger partial charge in [-0.1, -0.05) is 0 Å². The number of halogens is 3. The van der Waals surface area contributed by atoms with E-state index in [1.54, 1.807) is 0 Å². The average Bonchev–Trinajstić information content (AvgIpc) is 2.29. The van der Waals surface area contributed by atoms with Crippen molar-refractivity contribution in [3.8, 4) is 5.88 Å². The van der Waals surface area contributed by atoms with Crippen molar-refractivity contribution in [1.82, 2.24) is 15.3 Å². The number of ether oxygens (including phenoxy) is 1. The zero-order chi connectivity index (χ0) is 12.3. The van der Waals surface area contributed by atoms with Gasteiger partial charge in [0.05, 0.1) is 0 Å². The monoisotopic (exact) mass is 247 g/mol. The van der Waals surface area contributed by atoms with Crippen molar-refractivity contribution in [2.45, 2.75) is 25.1 Å². The van der Waals surface area contributed by atoms with E-state index < -0.39 is 11.9 Å². The minimum atomic E-state index is -4.47. The molecule has 1 aromatic heterocycles. The van der Waals surface area contributed by atoms with E-state index in [-0.39, 0.29) is 12.0 Å². The molecule has 0 radical (unpaired) electrons. The molecule has 4 nitrogen and oxygen atoms in total. The van der Waals surface area contributed by atoms with Crippen LogP contribution in [0.4, 0.5) is 13.2 Å². The molecule has 0 amide bonds. The Morgan fingerprint density at radius 1 is 1.35 bits per heavy atom. The van der Waals surface area contributed by atoms with Crippen molar-refractivity contribution in [2.24, 2.45) is 0 Å². The van der Waals surface area contributed by atoms with Crippen LogP contribution in [0.1, 0.15) is 18.5 Å². The molecule has 7 heteroatoms. The number of nitrogens with zero attached hydrogens (tertiary/aromatic N) is 2. The van der Waals surface area contributed by atoms with Crippen LogP contribution in [0.25, 0.3) is 0 Å². The first-order valence-electron chi connectivity index (χ1n) is 5.32. The van der Waals surface area contributed by atoms with Gasteiger partial charge in [-0.3, -0.25) is 0 Å². The lowest BCUT2D eigenvalue weighted by molar-refractivity contribution is -0.141. The second kappa shape index (κ2) is 4.87. The van der Waals surface area contributed by atoms with Crippen LogP contribution >= 0.6 is 0 Å². The Balaban J connectivity index is 2.05. The first-order chi connectivity index (χ1) is 8.05. The van der Waals surface area contributed by atoms with Crippen molar-refractivity contribution in [3.05, 3.63) is 18.1 Å². The molecule has 0 saturated carbocycles.